The first kappa shape index (κ1) is 17.3. The third kappa shape index (κ3) is 4.68. The summed E-state index contributed by atoms with van der Waals surface area (Å²) in [7, 11) is 0.0686. The second-order valence-electron chi connectivity index (χ2n) is 4.79. The fraction of sp³-hybridized carbons (Fsp3) is 0.417. The van der Waals surface area contributed by atoms with Crippen molar-refractivity contribution in [3.05, 3.63) is 28.8 Å². The van der Waals surface area contributed by atoms with Crippen LogP contribution in [0.2, 0.25) is 5.02 Å². The predicted octanol–water partition coefficient (Wildman–Crippen LogP) is 1.20. The average molecular weight is 336 g/mol. The van der Waals surface area contributed by atoms with Gasteiger partial charge in [-0.2, -0.15) is 0 Å². The molecule has 1 aromatic carbocycles. The fourth-order valence-electron chi connectivity index (χ4n) is 1.79. The number of hydrogen-bond acceptors (Lipinski definition) is 4. The highest BCUT2D eigenvalue weighted by Gasteiger charge is 2.21. The summed E-state index contributed by atoms with van der Waals surface area (Å²) >= 11 is 10.8. The van der Waals surface area contributed by atoms with Crippen molar-refractivity contribution in [1.82, 2.24) is 9.62 Å². The smallest absolute Gasteiger partial charge is 0.242 e. The van der Waals surface area contributed by atoms with E-state index in [4.69, 9.17) is 29.6 Å². The maximum absolute atomic E-state index is 12.2. The Morgan fingerprint density at radius 1 is 1.50 bits per heavy atom. The van der Waals surface area contributed by atoms with Crippen LogP contribution in [0.5, 0.6) is 0 Å². The highest BCUT2D eigenvalue weighted by Crippen LogP contribution is 2.22. The molecule has 0 amide bonds. The number of nitrogens with one attached hydrogen (secondary N) is 1. The number of nitrogens with two attached hydrogens (primary N) is 1. The molecule has 1 aromatic rings. The van der Waals surface area contributed by atoms with Gasteiger partial charge in [0.05, 0.1) is 5.02 Å². The van der Waals surface area contributed by atoms with E-state index in [1.165, 1.54) is 12.1 Å². The lowest BCUT2D eigenvalue weighted by atomic mass is 10.2. The highest BCUT2D eigenvalue weighted by atomic mass is 35.5. The third-order valence-electron chi connectivity index (χ3n) is 2.50. The molecule has 1 unspecified atom stereocenters. The number of thiocarbonyl (C=S) groups is 1. The van der Waals surface area contributed by atoms with Gasteiger partial charge in [0.1, 0.15) is 9.88 Å². The van der Waals surface area contributed by atoms with E-state index in [-0.39, 0.29) is 20.9 Å². The molecule has 0 saturated heterocycles. The summed E-state index contributed by atoms with van der Waals surface area (Å²) in [6.45, 7) is 2.37. The summed E-state index contributed by atoms with van der Waals surface area (Å²) in [4.78, 5) is 2.08. The maximum atomic E-state index is 12.2. The Labute approximate surface area is 130 Å². The predicted molar refractivity (Wildman–Crippen MR) is 85.7 cm³/mol. The van der Waals surface area contributed by atoms with Gasteiger partial charge >= 0.3 is 0 Å². The molecule has 3 N–H and O–H groups in total. The summed E-state index contributed by atoms with van der Waals surface area (Å²) in [6.07, 6.45) is 0. The van der Waals surface area contributed by atoms with Gasteiger partial charge in [0.25, 0.3) is 0 Å². The molecule has 0 aliphatic carbocycles. The van der Waals surface area contributed by atoms with E-state index in [2.05, 4.69) is 4.72 Å². The average Bonchev–Trinajstić information content (AvgIpc) is 2.25. The van der Waals surface area contributed by atoms with Gasteiger partial charge in [-0.1, -0.05) is 29.9 Å². The van der Waals surface area contributed by atoms with E-state index in [1.54, 1.807) is 13.0 Å². The van der Waals surface area contributed by atoms with Crippen LogP contribution in [-0.4, -0.2) is 45.0 Å². The summed E-state index contributed by atoms with van der Waals surface area (Å²) in [5, 5.41) is 0.0971. The second kappa shape index (κ2) is 6.82. The van der Waals surface area contributed by atoms with Crippen LogP contribution in [0.1, 0.15) is 12.5 Å². The van der Waals surface area contributed by atoms with Crippen molar-refractivity contribution in [3.8, 4) is 0 Å². The Balaban J connectivity index is 3.01. The number of nitrogens with zero attached hydrogens (tertiary/aromatic N) is 1. The quantitative estimate of drug-likeness (QED) is 0.764. The van der Waals surface area contributed by atoms with E-state index < -0.39 is 10.0 Å². The molecule has 1 rings (SSSR count). The Morgan fingerprint density at radius 3 is 2.55 bits per heavy atom. The number of likely N-dealkylation sites (N-methyl/N-ethyl adjacent to an activating group) is 1. The van der Waals surface area contributed by atoms with Crippen LogP contribution in [0.15, 0.2) is 23.1 Å². The van der Waals surface area contributed by atoms with Crippen LogP contribution in [0.3, 0.4) is 0 Å². The standard InChI is InChI=1S/C12H18ClN3O2S2/c1-8(7-16(2)3)15-20(17,18)11-5-4-9(12(14)19)6-10(11)13/h4-6,8,15H,7H2,1-3H3,(H2,14,19). The van der Waals surface area contributed by atoms with Crippen molar-refractivity contribution in [2.24, 2.45) is 5.73 Å². The van der Waals surface area contributed by atoms with Crippen molar-refractivity contribution in [3.63, 3.8) is 0 Å². The monoisotopic (exact) mass is 335 g/mol. The van der Waals surface area contributed by atoms with E-state index in [1.807, 2.05) is 19.0 Å². The van der Waals surface area contributed by atoms with Gasteiger partial charge in [0.15, 0.2) is 0 Å². The molecule has 0 fully saturated rings. The molecule has 5 nitrogen and oxygen atoms in total. The van der Waals surface area contributed by atoms with Gasteiger partial charge in [-0.3, -0.25) is 0 Å². The number of halogens is 1. The summed E-state index contributed by atoms with van der Waals surface area (Å²) in [5.41, 5.74) is 6.01. The molecule has 0 spiro atoms. The molecular weight excluding hydrogens is 318 g/mol. The molecular formula is C12H18ClN3O2S2. The number of hydrogen-bond donors (Lipinski definition) is 2. The summed E-state index contributed by atoms with van der Waals surface area (Å²) in [5.74, 6) is 0. The lowest BCUT2D eigenvalue weighted by Gasteiger charge is -2.18. The van der Waals surface area contributed by atoms with Crippen molar-refractivity contribution in [2.75, 3.05) is 20.6 Å². The lowest BCUT2D eigenvalue weighted by Crippen LogP contribution is -2.39. The first-order chi connectivity index (χ1) is 9.13. The highest BCUT2D eigenvalue weighted by molar-refractivity contribution is 7.89. The Bertz CT molecular complexity index is 603. The molecule has 0 aromatic heterocycles. The largest absolute Gasteiger partial charge is 0.389 e. The molecule has 0 aliphatic heterocycles. The van der Waals surface area contributed by atoms with Crippen molar-refractivity contribution >= 4 is 38.8 Å². The fourth-order valence-corrected chi connectivity index (χ4v) is 3.69. The lowest BCUT2D eigenvalue weighted by molar-refractivity contribution is 0.370. The zero-order valence-electron chi connectivity index (χ0n) is 11.6. The molecule has 112 valence electrons. The molecule has 0 heterocycles. The van der Waals surface area contributed by atoms with Gasteiger partial charge in [-0.05, 0) is 33.2 Å². The van der Waals surface area contributed by atoms with Gasteiger partial charge < -0.3 is 10.6 Å². The SMILES string of the molecule is CC(CN(C)C)NS(=O)(=O)c1ccc(C(N)=S)cc1Cl. The topological polar surface area (TPSA) is 75.4 Å². The number of sulfonamides is 1. The Hall–Kier alpha value is -0.730. The van der Waals surface area contributed by atoms with Gasteiger partial charge in [-0.25, -0.2) is 13.1 Å². The van der Waals surface area contributed by atoms with Crippen LogP contribution in [0.25, 0.3) is 0 Å². The molecule has 20 heavy (non-hydrogen) atoms. The van der Waals surface area contributed by atoms with E-state index in [0.29, 0.717) is 12.1 Å². The zero-order chi connectivity index (χ0) is 15.5. The minimum atomic E-state index is -3.67. The number of benzene rings is 1. The first-order valence-corrected chi connectivity index (χ1v) is 8.17. The van der Waals surface area contributed by atoms with Crippen LogP contribution in [0.4, 0.5) is 0 Å². The molecule has 0 aliphatic rings. The first-order valence-electron chi connectivity index (χ1n) is 5.90. The van der Waals surface area contributed by atoms with Gasteiger partial charge in [0, 0.05) is 18.2 Å². The molecule has 8 heteroatoms. The normalized spacial score (nSPS) is 13.4. The van der Waals surface area contributed by atoms with Crippen molar-refractivity contribution in [2.45, 2.75) is 17.9 Å². The Morgan fingerprint density at radius 2 is 2.10 bits per heavy atom. The van der Waals surface area contributed by atoms with Gasteiger partial charge in [0.2, 0.25) is 10.0 Å². The zero-order valence-corrected chi connectivity index (χ0v) is 13.9. The van der Waals surface area contributed by atoms with Gasteiger partial charge in [-0.15, -0.1) is 0 Å². The van der Waals surface area contributed by atoms with E-state index in [0.717, 1.165) is 0 Å². The van der Waals surface area contributed by atoms with E-state index in [9.17, 15) is 8.42 Å². The second-order valence-corrected chi connectivity index (χ2v) is 7.32. The molecule has 0 bridgehead atoms. The minimum Gasteiger partial charge on any atom is -0.389 e. The summed E-state index contributed by atoms with van der Waals surface area (Å²) < 4.78 is 27.1. The van der Waals surface area contributed by atoms with Crippen LogP contribution < -0.4 is 10.5 Å². The molecule has 0 saturated carbocycles. The van der Waals surface area contributed by atoms with Crippen LogP contribution in [0, 0.1) is 0 Å². The van der Waals surface area contributed by atoms with Crippen LogP contribution in [-0.2, 0) is 10.0 Å². The minimum absolute atomic E-state index is 0.0183. The Kier molecular flexibility index (Phi) is 5.91. The van der Waals surface area contributed by atoms with Crippen molar-refractivity contribution in [1.29, 1.82) is 0 Å². The van der Waals surface area contributed by atoms with Crippen LogP contribution >= 0.6 is 23.8 Å². The molecule has 1 atom stereocenters. The third-order valence-corrected chi connectivity index (χ3v) is 4.81. The van der Waals surface area contributed by atoms with E-state index >= 15 is 0 Å². The number of rotatable bonds is 6. The van der Waals surface area contributed by atoms with Crippen molar-refractivity contribution < 1.29 is 8.42 Å². The maximum Gasteiger partial charge on any atom is 0.242 e. The molecule has 0 radical (unpaired) electrons. The summed E-state index contributed by atoms with van der Waals surface area (Å²) in [6, 6.07) is 4.16.